The van der Waals surface area contributed by atoms with Gasteiger partial charge in [0.15, 0.2) is 0 Å². The molecule has 0 fully saturated rings. The molecule has 0 saturated heterocycles. The van der Waals surface area contributed by atoms with Crippen molar-refractivity contribution in [1.82, 2.24) is 0 Å². The summed E-state index contributed by atoms with van der Waals surface area (Å²) in [6, 6.07) is 0. The molecule has 0 aliphatic heterocycles. The van der Waals surface area contributed by atoms with Gasteiger partial charge in [-0.3, -0.25) is 0 Å². The molecule has 38 valence electrons. The fourth-order valence-corrected chi connectivity index (χ4v) is 0.203. The van der Waals surface area contributed by atoms with Crippen molar-refractivity contribution in [1.29, 1.82) is 0 Å². The van der Waals surface area contributed by atoms with E-state index in [2.05, 4.69) is 4.74 Å². The van der Waals surface area contributed by atoms with Crippen molar-refractivity contribution in [2.24, 2.45) is 0 Å². The van der Waals surface area contributed by atoms with Crippen molar-refractivity contribution in [3.8, 4) is 0 Å². The smallest absolute Gasteiger partial charge is 0.853 e. The first-order valence-corrected chi connectivity index (χ1v) is 2.07. The summed E-state index contributed by atoms with van der Waals surface area (Å²) in [6.07, 6.45) is 0. The standard InChI is InChI=1S/C4H9O2.Na/c1-2-6-4-3-5;/h2-4H2,1H3;/q-1;+1. The van der Waals surface area contributed by atoms with E-state index in [1.807, 2.05) is 6.92 Å². The van der Waals surface area contributed by atoms with Gasteiger partial charge in [0.1, 0.15) is 0 Å². The topological polar surface area (TPSA) is 32.3 Å². The SMILES string of the molecule is CCOCC[O-].[Na+]. The summed E-state index contributed by atoms with van der Waals surface area (Å²) in [4.78, 5) is 0. The second kappa shape index (κ2) is 10.0. The Kier molecular flexibility index (Phi) is 15.5. The molecule has 0 bridgehead atoms. The van der Waals surface area contributed by atoms with Crippen LogP contribution in [0.2, 0.25) is 0 Å². The molecular formula is C4H9NaO2. The minimum atomic E-state index is -0.117. The molecule has 0 spiro atoms. The number of rotatable bonds is 3. The summed E-state index contributed by atoms with van der Waals surface area (Å²) in [7, 11) is 0. The number of hydrogen-bond donors (Lipinski definition) is 0. The molecule has 0 N–H and O–H groups in total. The van der Waals surface area contributed by atoms with Gasteiger partial charge in [-0.25, -0.2) is 0 Å². The van der Waals surface area contributed by atoms with Gasteiger partial charge in [0.25, 0.3) is 0 Å². The van der Waals surface area contributed by atoms with Crippen LogP contribution in [0.15, 0.2) is 0 Å². The van der Waals surface area contributed by atoms with Crippen molar-refractivity contribution in [3.05, 3.63) is 0 Å². The van der Waals surface area contributed by atoms with E-state index < -0.39 is 0 Å². The zero-order valence-corrected chi connectivity index (χ0v) is 6.94. The van der Waals surface area contributed by atoms with Crippen molar-refractivity contribution >= 4 is 0 Å². The predicted octanol–water partition coefficient (Wildman–Crippen LogP) is -3.61. The minimum Gasteiger partial charge on any atom is -0.853 e. The molecule has 0 aromatic rings. The average Bonchev–Trinajstić information content (AvgIpc) is 1.61. The average molecular weight is 112 g/mol. The van der Waals surface area contributed by atoms with Gasteiger partial charge in [-0.2, -0.15) is 0 Å². The summed E-state index contributed by atoms with van der Waals surface area (Å²) < 4.78 is 4.67. The normalized spacial score (nSPS) is 7.71. The van der Waals surface area contributed by atoms with E-state index in [1.165, 1.54) is 0 Å². The Morgan fingerprint density at radius 1 is 1.57 bits per heavy atom. The monoisotopic (exact) mass is 112 g/mol. The maximum Gasteiger partial charge on any atom is 1.00 e. The molecule has 0 unspecified atom stereocenters. The van der Waals surface area contributed by atoms with Crippen LogP contribution >= 0.6 is 0 Å². The molecule has 0 aliphatic carbocycles. The summed E-state index contributed by atoms with van der Waals surface area (Å²) in [5.41, 5.74) is 0. The van der Waals surface area contributed by atoms with Crippen LogP contribution in [-0.4, -0.2) is 19.8 Å². The first kappa shape index (κ1) is 10.8. The van der Waals surface area contributed by atoms with Crippen LogP contribution in [0.3, 0.4) is 0 Å². The maximum absolute atomic E-state index is 9.56. The van der Waals surface area contributed by atoms with E-state index in [9.17, 15) is 5.11 Å². The van der Waals surface area contributed by atoms with Gasteiger partial charge in [-0.1, -0.05) is 0 Å². The van der Waals surface area contributed by atoms with Gasteiger partial charge < -0.3 is 9.84 Å². The molecule has 0 heterocycles. The summed E-state index contributed by atoms with van der Waals surface area (Å²) >= 11 is 0. The Morgan fingerprint density at radius 2 is 2.14 bits per heavy atom. The zero-order valence-electron chi connectivity index (χ0n) is 4.94. The largest absolute Gasteiger partial charge is 1.00 e. The van der Waals surface area contributed by atoms with Crippen LogP contribution in [0.5, 0.6) is 0 Å². The quantitative estimate of drug-likeness (QED) is 0.279. The third-order valence-corrected chi connectivity index (χ3v) is 0.432. The molecule has 0 aliphatic rings. The van der Waals surface area contributed by atoms with E-state index in [-0.39, 0.29) is 36.2 Å². The van der Waals surface area contributed by atoms with Crippen LogP contribution in [0.1, 0.15) is 6.92 Å². The second-order valence-electron chi connectivity index (χ2n) is 0.901. The first-order chi connectivity index (χ1) is 2.91. The van der Waals surface area contributed by atoms with E-state index in [4.69, 9.17) is 0 Å². The van der Waals surface area contributed by atoms with E-state index in [0.29, 0.717) is 13.2 Å². The fraction of sp³-hybridized carbons (Fsp3) is 1.00. The van der Waals surface area contributed by atoms with Crippen LogP contribution in [-0.2, 0) is 4.74 Å². The summed E-state index contributed by atoms with van der Waals surface area (Å²) in [6.45, 7) is 2.77. The van der Waals surface area contributed by atoms with Crippen molar-refractivity contribution in [2.45, 2.75) is 6.92 Å². The van der Waals surface area contributed by atoms with Gasteiger partial charge in [0.05, 0.1) is 0 Å². The van der Waals surface area contributed by atoms with Gasteiger partial charge in [0, 0.05) is 13.2 Å². The molecule has 0 aromatic heterocycles. The second-order valence-corrected chi connectivity index (χ2v) is 0.901. The van der Waals surface area contributed by atoms with Gasteiger partial charge in [0.2, 0.25) is 0 Å². The summed E-state index contributed by atoms with van der Waals surface area (Å²) in [5.74, 6) is 0. The minimum absolute atomic E-state index is 0. The zero-order chi connectivity index (χ0) is 4.83. The number of hydrogen-bond acceptors (Lipinski definition) is 2. The Bertz CT molecular complexity index is 21.7. The van der Waals surface area contributed by atoms with E-state index in [1.54, 1.807) is 0 Å². The predicted molar refractivity (Wildman–Crippen MR) is 21.4 cm³/mol. The molecule has 0 atom stereocenters. The van der Waals surface area contributed by atoms with E-state index >= 15 is 0 Å². The molecule has 3 heteroatoms. The fourth-order valence-electron chi connectivity index (χ4n) is 0.203. The Balaban J connectivity index is 0. The molecule has 0 amide bonds. The third-order valence-electron chi connectivity index (χ3n) is 0.432. The Labute approximate surface area is 66.2 Å². The Morgan fingerprint density at radius 3 is 2.29 bits per heavy atom. The van der Waals surface area contributed by atoms with Crippen LogP contribution < -0.4 is 34.7 Å². The van der Waals surface area contributed by atoms with Crippen molar-refractivity contribution < 1.29 is 39.4 Å². The molecule has 0 radical (unpaired) electrons. The number of ether oxygens (including phenoxy) is 1. The molecule has 7 heavy (non-hydrogen) atoms. The van der Waals surface area contributed by atoms with Gasteiger partial charge >= 0.3 is 29.6 Å². The summed E-state index contributed by atoms with van der Waals surface area (Å²) in [5, 5.41) is 9.56. The van der Waals surface area contributed by atoms with Gasteiger partial charge in [-0.05, 0) is 6.92 Å². The molecule has 0 rings (SSSR count). The molecule has 2 nitrogen and oxygen atoms in total. The van der Waals surface area contributed by atoms with Crippen LogP contribution in [0.25, 0.3) is 0 Å². The molecule has 0 saturated carbocycles. The first-order valence-electron chi connectivity index (χ1n) is 2.07. The Hall–Kier alpha value is 0.920. The van der Waals surface area contributed by atoms with Crippen LogP contribution in [0, 0.1) is 0 Å². The van der Waals surface area contributed by atoms with Gasteiger partial charge in [-0.15, -0.1) is 6.61 Å². The molecular weight excluding hydrogens is 103 g/mol. The van der Waals surface area contributed by atoms with E-state index in [0.717, 1.165) is 0 Å². The van der Waals surface area contributed by atoms with Crippen molar-refractivity contribution in [3.63, 3.8) is 0 Å². The maximum atomic E-state index is 9.56. The van der Waals surface area contributed by atoms with Crippen molar-refractivity contribution in [2.75, 3.05) is 19.8 Å². The third kappa shape index (κ3) is 10.9. The molecule has 0 aromatic carbocycles. The van der Waals surface area contributed by atoms with Crippen LogP contribution in [0.4, 0.5) is 0 Å².